The molecule has 1 atom stereocenters. The summed E-state index contributed by atoms with van der Waals surface area (Å²) in [6.45, 7) is 10.5. The fourth-order valence-electron chi connectivity index (χ4n) is 5.36. The molecule has 228 valence electrons. The van der Waals surface area contributed by atoms with E-state index in [0.29, 0.717) is 31.1 Å². The first-order valence-electron chi connectivity index (χ1n) is 15.5. The standard InChI is InChI=1S/C36H44N2O5/c1-4-7-11-25-42-30-19-15-28(16-20-30)33-32(35(40)36(41)38(33)24-12-23-37(5-2)6-3)34(39)29-17-21-31(22-18-29)43-26-27-13-9-8-10-14-27/h8-10,13-22,33,39H,4-7,11-12,23-26H2,1-3H3/t33-/m0/s1. The summed E-state index contributed by atoms with van der Waals surface area (Å²) in [6.07, 6.45) is 3.94. The van der Waals surface area contributed by atoms with Crippen LogP contribution in [0, 0.1) is 0 Å². The molecule has 1 amide bonds. The highest BCUT2D eigenvalue weighted by Crippen LogP contribution is 2.40. The molecule has 0 aliphatic carbocycles. The van der Waals surface area contributed by atoms with Crippen LogP contribution in [0.5, 0.6) is 11.5 Å². The number of hydrogen-bond acceptors (Lipinski definition) is 6. The van der Waals surface area contributed by atoms with E-state index < -0.39 is 17.7 Å². The predicted molar refractivity (Wildman–Crippen MR) is 170 cm³/mol. The number of ketones is 1. The highest BCUT2D eigenvalue weighted by atomic mass is 16.5. The van der Waals surface area contributed by atoms with E-state index >= 15 is 0 Å². The van der Waals surface area contributed by atoms with Gasteiger partial charge in [-0.2, -0.15) is 0 Å². The van der Waals surface area contributed by atoms with E-state index in [1.807, 2.05) is 54.6 Å². The summed E-state index contributed by atoms with van der Waals surface area (Å²) in [6, 6.07) is 23.6. The number of unbranched alkanes of at least 4 members (excludes halogenated alkanes) is 2. The lowest BCUT2D eigenvalue weighted by atomic mass is 9.95. The van der Waals surface area contributed by atoms with Gasteiger partial charge in [-0.15, -0.1) is 0 Å². The Kier molecular flexibility index (Phi) is 11.8. The first-order valence-corrected chi connectivity index (χ1v) is 15.5. The SMILES string of the molecule is CCCCCOc1ccc([C@H]2C(=C(O)c3ccc(OCc4ccccc4)cc3)C(=O)C(=O)N2CCCN(CC)CC)cc1. The second-order valence-electron chi connectivity index (χ2n) is 10.8. The van der Waals surface area contributed by atoms with Gasteiger partial charge in [-0.1, -0.05) is 76.1 Å². The molecule has 1 fully saturated rings. The first-order chi connectivity index (χ1) is 21.0. The van der Waals surface area contributed by atoms with Crippen molar-refractivity contribution in [1.29, 1.82) is 0 Å². The van der Waals surface area contributed by atoms with Crippen molar-refractivity contribution in [2.24, 2.45) is 0 Å². The second-order valence-corrected chi connectivity index (χ2v) is 10.8. The Bertz CT molecular complexity index is 1350. The number of nitrogens with zero attached hydrogens (tertiary/aromatic N) is 2. The van der Waals surface area contributed by atoms with Crippen molar-refractivity contribution in [3.05, 3.63) is 101 Å². The third-order valence-corrected chi connectivity index (χ3v) is 7.90. The molecule has 1 saturated heterocycles. The van der Waals surface area contributed by atoms with Crippen molar-refractivity contribution in [3.8, 4) is 11.5 Å². The lowest BCUT2D eigenvalue weighted by Gasteiger charge is -2.27. The smallest absolute Gasteiger partial charge is 0.295 e. The molecule has 43 heavy (non-hydrogen) atoms. The normalized spacial score (nSPS) is 16.2. The minimum Gasteiger partial charge on any atom is -0.507 e. The van der Waals surface area contributed by atoms with Crippen LogP contribution in [-0.4, -0.2) is 59.4 Å². The van der Waals surface area contributed by atoms with Crippen LogP contribution >= 0.6 is 0 Å². The summed E-state index contributed by atoms with van der Waals surface area (Å²) < 4.78 is 11.8. The van der Waals surface area contributed by atoms with Gasteiger partial charge in [0.15, 0.2) is 0 Å². The predicted octanol–water partition coefficient (Wildman–Crippen LogP) is 6.99. The molecular formula is C36H44N2O5. The number of benzene rings is 3. The highest BCUT2D eigenvalue weighted by molar-refractivity contribution is 6.46. The number of aliphatic hydroxyl groups excluding tert-OH is 1. The van der Waals surface area contributed by atoms with Crippen molar-refractivity contribution in [1.82, 2.24) is 9.80 Å². The topological polar surface area (TPSA) is 79.3 Å². The van der Waals surface area contributed by atoms with Crippen molar-refractivity contribution in [2.45, 2.75) is 59.1 Å². The first kappa shape index (κ1) is 31.8. The zero-order chi connectivity index (χ0) is 30.6. The zero-order valence-corrected chi connectivity index (χ0v) is 25.6. The van der Waals surface area contributed by atoms with Gasteiger partial charge in [0.25, 0.3) is 11.7 Å². The molecule has 3 aromatic carbocycles. The van der Waals surface area contributed by atoms with Crippen LogP contribution in [-0.2, 0) is 16.2 Å². The number of carbonyl (C=O) groups is 2. The molecule has 4 rings (SSSR count). The van der Waals surface area contributed by atoms with E-state index in [1.165, 1.54) is 0 Å². The summed E-state index contributed by atoms with van der Waals surface area (Å²) in [5, 5.41) is 11.5. The molecular weight excluding hydrogens is 540 g/mol. The highest BCUT2D eigenvalue weighted by Gasteiger charge is 2.45. The zero-order valence-electron chi connectivity index (χ0n) is 25.6. The molecule has 1 aliphatic heterocycles. The molecule has 1 N–H and O–H groups in total. The summed E-state index contributed by atoms with van der Waals surface area (Å²) in [4.78, 5) is 30.7. The number of Topliss-reactive ketones (excluding diaryl/α,β-unsaturated/α-hetero) is 1. The molecule has 0 saturated carbocycles. The van der Waals surface area contributed by atoms with Crippen LogP contribution in [0.4, 0.5) is 0 Å². The second kappa shape index (κ2) is 15.9. The Hall–Kier alpha value is -4.10. The lowest BCUT2D eigenvalue weighted by Crippen LogP contribution is -2.33. The van der Waals surface area contributed by atoms with Gasteiger partial charge in [0.1, 0.15) is 23.9 Å². The monoisotopic (exact) mass is 584 g/mol. The number of rotatable bonds is 16. The molecule has 1 aliphatic rings. The third-order valence-electron chi connectivity index (χ3n) is 7.90. The minimum atomic E-state index is -0.695. The number of carbonyl (C=O) groups excluding carboxylic acids is 2. The molecule has 1 heterocycles. The van der Waals surface area contributed by atoms with Crippen molar-refractivity contribution < 1.29 is 24.2 Å². The van der Waals surface area contributed by atoms with Gasteiger partial charge < -0.3 is 24.4 Å². The lowest BCUT2D eigenvalue weighted by molar-refractivity contribution is -0.140. The number of amides is 1. The Morgan fingerprint density at radius 2 is 1.47 bits per heavy atom. The fourth-order valence-corrected chi connectivity index (χ4v) is 5.36. The number of hydrogen-bond donors (Lipinski definition) is 1. The molecule has 0 radical (unpaired) electrons. The Morgan fingerprint density at radius 1 is 0.814 bits per heavy atom. The number of ether oxygens (including phenoxy) is 2. The maximum Gasteiger partial charge on any atom is 0.295 e. The van der Waals surface area contributed by atoms with Gasteiger partial charge in [0.2, 0.25) is 0 Å². The summed E-state index contributed by atoms with van der Waals surface area (Å²) >= 11 is 0. The average Bonchev–Trinajstić information content (AvgIpc) is 3.30. The average molecular weight is 585 g/mol. The summed E-state index contributed by atoms with van der Waals surface area (Å²) in [5.74, 6) is -0.0692. The van der Waals surface area contributed by atoms with Crippen LogP contribution in [0.1, 0.15) is 69.2 Å². The van der Waals surface area contributed by atoms with E-state index in [2.05, 4.69) is 25.7 Å². The summed E-state index contributed by atoms with van der Waals surface area (Å²) in [5.41, 5.74) is 2.36. The third kappa shape index (κ3) is 8.26. The van der Waals surface area contributed by atoms with Crippen molar-refractivity contribution >= 4 is 17.4 Å². The van der Waals surface area contributed by atoms with Crippen molar-refractivity contribution in [3.63, 3.8) is 0 Å². The van der Waals surface area contributed by atoms with Gasteiger partial charge in [-0.05, 0) is 80.0 Å². The molecule has 0 unspecified atom stereocenters. The van der Waals surface area contributed by atoms with E-state index in [0.717, 1.165) is 62.2 Å². The minimum absolute atomic E-state index is 0.0995. The van der Waals surface area contributed by atoms with Crippen LogP contribution in [0.3, 0.4) is 0 Å². The summed E-state index contributed by atoms with van der Waals surface area (Å²) in [7, 11) is 0. The number of likely N-dealkylation sites (tertiary alicyclic amines) is 1. The Morgan fingerprint density at radius 3 is 2.12 bits per heavy atom. The maximum absolute atomic E-state index is 13.5. The maximum atomic E-state index is 13.5. The van der Waals surface area contributed by atoms with Crippen LogP contribution < -0.4 is 9.47 Å². The number of aliphatic hydroxyl groups is 1. The molecule has 0 spiro atoms. The molecule has 0 bridgehead atoms. The largest absolute Gasteiger partial charge is 0.507 e. The van der Waals surface area contributed by atoms with Gasteiger partial charge in [0.05, 0.1) is 18.2 Å². The van der Waals surface area contributed by atoms with Crippen LogP contribution in [0.25, 0.3) is 5.76 Å². The van der Waals surface area contributed by atoms with E-state index in [1.54, 1.807) is 29.2 Å². The van der Waals surface area contributed by atoms with Gasteiger partial charge >= 0.3 is 0 Å². The van der Waals surface area contributed by atoms with Gasteiger partial charge in [-0.3, -0.25) is 9.59 Å². The van der Waals surface area contributed by atoms with Crippen LogP contribution in [0.15, 0.2) is 84.4 Å². The molecule has 7 heteroatoms. The molecule has 3 aromatic rings. The van der Waals surface area contributed by atoms with Crippen molar-refractivity contribution in [2.75, 3.05) is 32.8 Å². The van der Waals surface area contributed by atoms with Crippen LogP contribution in [0.2, 0.25) is 0 Å². The van der Waals surface area contributed by atoms with Gasteiger partial charge in [0, 0.05) is 12.1 Å². The Balaban J connectivity index is 1.59. The van der Waals surface area contributed by atoms with E-state index in [9.17, 15) is 14.7 Å². The quantitative estimate of drug-likeness (QED) is 0.0846. The van der Waals surface area contributed by atoms with Gasteiger partial charge in [-0.25, -0.2) is 0 Å². The molecule has 7 nitrogen and oxygen atoms in total. The van der Waals surface area contributed by atoms with E-state index in [4.69, 9.17) is 9.47 Å². The fraction of sp³-hybridized carbons (Fsp3) is 0.389. The van der Waals surface area contributed by atoms with E-state index in [-0.39, 0.29) is 11.3 Å². The molecule has 0 aromatic heterocycles. The Labute approximate surface area is 255 Å².